The summed E-state index contributed by atoms with van der Waals surface area (Å²) < 4.78 is 19.3. The monoisotopic (exact) mass is 457 g/mol. The van der Waals surface area contributed by atoms with Gasteiger partial charge in [0, 0.05) is 18.8 Å². The molecule has 0 N–H and O–H groups in total. The fraction of sp³-hybridized carbons (Fsp3) is 0.480. The highest BCUT2D eigenvalue weighted by Gasteiger charge is 2.28. The van der Waals surface area contributed by atoms with Crippen LogP contribution in [0.3, 0.4) is 0 Å². The molecule has 8 heteroatoms. The first-order valence-corrected chi connectivity index (χ1v) is 11.3. The van der Waals surface area contributed by atoms with E-state index in [9.17, 15) is 14.0 Å². The molecule has 33 heavy (non-hydrogen) atoms. The summed E-state index contributed by atoms with van der Waals surface area (Å²) in [6, 6.07) is 8.40. The number of esters is 1. The molecule has 1 aliphatic rings. The molecule has 0 unspecified atom stereocenters. The second kappa shape index (κ2) is 10.7. The van der Waals surface area contributed by atoms with Gasteiger partial charge in [0.2, 0.25) is 0 Å². The summed E-state index contributed by atoms with van der Waals surface area (Å²) in [7, 11) is 0. The van der Waals surface area contributed by atoms with Crippen molar-refractivity contribution < 1.29 is 23.6 Å². The molecule has 7 nitrogen and oxygen atoms in total. The lowest BCUT2D eigenvalue weighted by atomic mass is 9.98. The van der Waals surface area contributed by atoms with Crippen molar-refractivity contribution in [1.29, 1.82) is 0 Å². The fourth-order valence-electron chi connectivity index (χ4n) is 3.40. The van der Waals surface area contributed by atoms with Gasteiger partial charge in [0.05, 0.1) is 42.6 Å². The predicted octanol–water partition coefficient (Wildman–Crippen LogP) is 3.81. The number of pyridine rings is 1. The predicted molar refractivity (Wildman–Crippen MR) is 123 cm³/mol. The second-order valence-corrected chi connectivity index (χ2v) is 9.08. The molecule has 1 aliphatic heterocycles. The summed E-state index contributed by atoms with van der Waals surface area (Å²) in [4.78, 5) is 36.0. The van der Waals surface area contributed by atoms with Crippen LogP contribution in [0.1, 0.15) is 49.3 Å². The number of rotatable bonds is 7. The molecule has 0 bridgehead atoms. The van der Waals surface area contributed by atoms with Crippen LogP contribution in [0, 0.1) is 11.2 Å². The Morgan fingerprint density at radius 3 is 2.36 bits per heavy atom. The third-order valence-electron chi connectivity index (χ3n) is 5.45. The van der Waals surface area contributed by atoms with Gasteiger partial charge in [-0.2, -0.15) is 0 Å². The summed E-state index contributed by atoms with van der Waals surface area (Å²) in [5, 5.41) is 1.72. The van der Waals surface area contributed by atoms with Crippen LogP contribution in [0.2, 0.25) is 0 Å². The van der Waals surface area contributed by atoms with Gasteiger partial charge in [0.1, 0.15) is 5.82 Å². The van der Waals surface area contributed by atoms with Crippen molar-refractivity contribution in [3.05, 3.63) is 59.2 Å². The van der Waals surface area contributed by atoms with Gasteiger partial charge >= 0.3 is 11.9 Å². The Labute approximate surface area is 194 Å². The number of hydrogen-bond acceptors (Lipinski definition) is 7. The molecule has 2 aromatic rings. The van der Waals surface area contributed by atoms with Crippen molar-refractivity contribution in [2.45, 2.75) is 40.5 Å². The molecule has 1 saturated heterocycles. The highest BCUT2D eigenvalue weighted by molar-refractivity contribution is 5.89. The van der Waals surface area contributed by atoms with E-state index < -0.39 is 17.2 Å². The Morgan fingerprint density at radius 1 is 1.06 bits per heavy atom. The zero-order valence-electron chi connectivity index (χ0n) is 19.8. The van der Waals surface area contributed by atoms with Gasteiger partial charge in [0.25, 0.3) is 0 Å². The van der Waals surface area contributed by atoms with E-state index in [1.54, 1.807) is 24.1 Å². The zero-order chi connectivity index (χ0) is 24.0. The van der Waals surface area contributed by atoms with Crippen molar-refractivity contribution in [3.63, 3.8) is 0 Å². The molecule has 2 heterocycles. The molecular weight excluding hydrogens is 425 g/mol. The Hall–Kier alpha value is -3.00. The quantitative estimate of drug-likeness (QED) is 0.586. The van der Waals surface area contributed by atoms with E-state index >= 15 is 0 Å². The molecule has 0 radical (unpaired) electrons. The van der Waals surface area contributed by atoms with Gasteiger partial charge in [-0.05, 0) is 70.4 Å². The first-order chi connectivity index (χ1) is 15.7. The van der Waals surface area contributed by atoms with E-state index in [0.717, 1.165) is 24.5 Å². The van der Waals surface area contributed by atoms with Gasteiger partial charge in [-0.1, -0.05) is 6.07 Å². The Bertz CT molecular complexity index is 965. The number of hydroxylamine groups is 2. The largest absolute Gasteiger partial charge is 0.462 e. The minimum atomic E-state index is -0.525. The van der Waals surface area contributed by atoms with Crippen LogP contribution in [0.4, 0.5) is 10.1 Å². The van der Waals surface area contributed by atoms with Crippen molar-refractivity contribution in [3.8, 4) is 0 Å². The van der Waals surface area contributed by atoms with Gasteiger partial charge < -0.3 is 14.5 Å². The number of anilines is 1. The minimum absolute atomic E-state index is 0.217. The van der Waals surface area contributed by atoms with Crippen molar-refractivity contribution in [2.24, 2.45) is 5.41 Å². The number of carbonyl (C=O) groups excluding carboxylic acids is 2. The van der Waals surface area contributed by atoms with E-state index in [1.807, 2.05) is 39.1 Å². The normalized spacial score (nSPS) is 14.8. The van der Waals surface area contributed by atoms with Crippen molar-refractivity contribution in [2.75, 3.05) is 37.7 Å². The molecule has 0 spiro atoms. The highest BCUT2D eigenvalue weighted by Crippen LogP contribution is 2.20. The van der Waals surface area contributed by atoms with Gasteiger partial charge in [0.15, 0.2) is 0 Å². The van der Waals surface area contributed by atoms with E-state index in [0.29, 0.717) is 31.5 Å². The molecule has 0 saturated carbocycles. The van der Waals surface area contributed by atoms with Crippen LogP contribution in [0.15, 0.2) is 36.5 Å². The van der Waals surface area contributed by atoms with Gasteiger partial charge in [-0.15, -0.1) is 5.06 Å². The van der Waals surface area contributed by atoms with E-state index in [1.165, 1.54) is 6.07 Å². The van der Waals surface area contributed by atoms with Crippen molar-refractivity contribution in [1.82, 2.24) is 10.0 Å². The topological polar surface area (TPSA) is 72.0 Å². The molecule has 1 aromatic heterocycles. The summed E-state index contributed by atoms with van der Waals surface area (Å²) in [5.41, 5.74) is 2.10. The Morgan fingerprint density at radius 2 is 1.79 bits per heavy atom. The number of piperazine rings is 1. The number of carbonyl (C=O) groups is 2. The lowest BCUT2D eigenvalue weighted by Gasteiger charge is -2.35. The maximum atomic E-state index is 14.4. The summed E-state index contributed by atoms with van der Waals surface area (Å²) in [6.45, 7) is 10.2. The Kier molecular flexibility index (Phi) is 8.02. The minimum Gasteiger partial charge on any atom is -0.462 e. The number of halogens is 1. The lowest BCUT2D eigenvalue weighted by Crippen LogP contribution is -2.48. The smallest absolute Gasteiger partial charge is 0.338 e. The summed E-state index contributed by atoms with van der Waals surface area (Å²) >= 11 is 0. The van der Waals surface area contributed by atoms with Crippen LogP contribution in [-0.4, -0.2) is 54.8 Å². The first-order valence-electron chi connectivity index (χ1n) is 11.3. The average Bonchev–Trinajstić information content (AvgIpc) is 2.78. The molecule has 178 valence electrons. The standard InChI is InChI=1S/C25H32FN3O4/c1-5-32-23(30)19-7-6-18(22(26)16-19)8-9-20-10-11-21(17-27-20)28-12-14-29(15-13-28)33-24(31)25(2,3)4/h6-7,10-11,16-17H,5,8-9,12-15H2,1-4H3. The van der Waals surface area contributed by atoms with Crippen LogP contribution in [-0.2, 0) is 27.2 Å². The number of aryl methyl sites for hydroxylation is 2. The molecule has 0 aliphatic carbocycles. The molecule has 1 fully saturated rings. The van der Waals surface area contributed by atoms with Crippen LogP contribution < -0.4 is 4.90 Å². The number of hydrogen-bond donors (Lipinski definition) is 0. The average molecular weight is 458 g/mol. The third kappa shape index (κ3) is 6.74. The maximum Gasteiger partial charge on any atom is 0.338 e. The number of ether oxygens (including phenoxy) is 1. The fourth-order valence-corrected chi connectivity index (χ4v) is 3.40. The van der Waals surface area contributed by atoms with Gasteiger partial charge in [-0.25, -0.2) is 14.0 Å². The SMILES string of the molecule is CCOC(=O)c1ccc(CCc2ccc(N3CCN(OC(=O)C(C)(C)C)CC3)cn2)c(F)c1. The Balaban J connectivity index is 1.50. The van der Waals surface area contributed by atoms with Crippen LogP contribution in [0.25, 0.3) is 0 Å². The third-order valence-corrected chi connectivity index (χ3v) is 5.45. The molecule has 3 rings (SSSR count). The number of nitrogens with zero attached hydrogens (tertiary/aromatic N) is 3. The number of benzene rings is 1. The van der Waals surface area contributed by atoms with E-state index in [4.69, 9.17) is 9.57 Å². The molecule has 0 atom stereocenters. The zero-order valence-corrected chi connectivity index (χ0v) is 19.8. The summed E-state index contributed by atoms with van der Waals surface area (Å²) in [6.07, 6.45) is 2.90. The summed E-state index contributed by atoms with van der Waals surface area (Å²) in [5.74, 6) is -1.16. The van der Waals surface area contributed by atoms with E-state index in [2.05, 4.69) is 9.88 Å². The van der Waals surface area contributed by atoms with Crippen LogP contribution in [0.5, 0.6) is 0 Å². The molecule has 0 amide bonds. The second-order valence-electron chi connectivity index (χ2n) is 9.08. The first kappa shape index (κ1) is 24.6. The highest BCUT2D eigenvalue weighted by atomic mass is 19.1. The van der Waals surface area contributed by atoms with E-state index in [-0.39, 0.29) is 18.1 Å². The number of aromatic nitrogens is 1. The molecule has 1 aromatic carbocycles. The van der Waals surface area contributed by atoms with Gasteiger partial charge in [-0.3, -0.25) is 4.98 Å². The molecular formula is C25H32FN3O4. The lowest BCUT2D eigenvalue weighted by molar-refractivity contribution is -0.201. The van der Waals surface area contributed by atoms with Crippen LogP contribution >= 0.6 is 0 Å². The maximum absolute atomic E-state index is 14.4. The van der Waals surface area contributed by atoms with Crippen molar-refractivity contribution >= 4 is 17.6 Å².